The third-order valence-electron chi connectivity index (χ3n) is 4.49. The van der Waals surface area contributed by atoms with Gasteiger partial charge in [-0.15, -0.1) is 0 Å². The Morgan fingerprint density at radius 2 is 1.85 bits per heavy atom. The Kier molecular flexibility index (Phi) is 6.82. The summed E-state index contributed by atoms with van der Waals surface area (Å²) in [4.78, 5) is 37.5. The van der Waals surface area contributed by atoms with E-state index in [1.54, 1.807) is 6.92 Å². The second kappa shape index (κ2) is 8.88. The number of hydrogen-bond donors (Lipinski definition) is 1. The fourth-order valence-electron chi connectivity index (χ4n) is 2.76. The number of aryl methyl sites for hydroxylation is 1. The van der Waals surface area contributed by atoms with Gasteiger partial charge in [0.1, 0.15) is 31.0 Å². The van der Waals surface area contributed by atoms with Crippen molar-refractivity contribution in [2.45, 2.75) is 46.1 Å². The molecule has 1 aliphatic heterocycles. The molecule has 1 saturated heterocycles. The van der Waals surface area contributed by atoms with E-state index >= 15 is 0 Å². The van der Waals surface area contributed by atoms with Crippen molar-refractivity contribution in [1.82, 2.24) is 10.2 Å². The van der Waals surface area contributed by atoms with Gasteiger partial charge in [-0.05, 0) is 44.7 Å². The number of ether oxygens (including phenoxy) is 2. The molecule has 27 heavy (non-hydrogen) atoms. The van der Waals surface area contributed by atoms with E-state index in [0.29, 0.717) is 18.1 Å². The molecule has 0 aliphatic carbocycles. The molecule has 2 rings (SSSR count). The van der Waals surface area contributed by atoms with Crippen molar-refractivity contribution in [3.63, 3.8) is 0 Å². The second-order valence-corrected chi connectivity index (χ2v) is 7.47. The van der Waals surface area contributed by atoms with Gasteiger partial charge in [-0.25, -0.2) is 4.79 Å². The van der Waals surface area contributed by atoms with Crippen molar-refractivity contribution in [1.29, 1.82) is 0 Å². The van der Waals surface area contributed by atoms with Gasteiger partial charge < -0.3 is 14.8 Å². The molecule has 1 aliphatic rings. The molecule has 7 nitrogen and oxygen atoms in total. The molecule has 0 spiro atoms. The fourth-order valence-corrected chi connectivity index (χ4v) is 2.76. The molecule has 0 unspecified atom stereocenters. The van der Waals surface area contributed by atoms with Gasteiger partial charge in [0.05, 0.1) is 0 Å². The summed E-state index contributed by atoms with van der Waals surface area (Å²) >= 11 is 0. The molecule has 1 aromatic carbocycles. The lowest BCUT2D eigenvalue weighted by atomic mass is 9.92. The van der Waals surface area contributed by atoms with Crippen LogP contribution in [0.4, 0.5) is 4.79 Å². The Labute approximate surface area is 160 Å². The third kappa shape index (κ3) is 5.70. The molecule has 1 heterocycles. The number of benzene rings is 1. The number of amides is 3. The van der Waals surface area contributed by atoms with Gasteiger partial charge in [-0.2, -0.15) is 0 Å². The van der Waals surface area contributed by atoms with Gasteiger partial charge in [0.25, 0.3) is 5.91 Å². The summed E-state index contributed by atoms with van der Waals surface area (Å²) in [6.07, 6.45) is 1.34. The minimum atomic E-state index is -0.962. The number of nitrogens with zero attached hydrogens (tertiary/aromatic N) is 1. The van der Waals surface area contributed by atoms with E-state index in [0.717, 1.165) is 16.9 Å². The van der Waals surface area contributed by atoms with Crippen molar-refractivity contribution >= 4 is 17.9 Å². The number of imide groups is 1. The molecule has 0 radical (unpaired) electrons. The first kappa shape index (κ1) is 20.7. The molecule has 1 fully saturated rings. The van der Waals surface area contributed by atoms with Crippen molar-refractivity contribution in [2.24, 2.45) is 5.92 Å². The van der Waals surface area contributed by atoms with E-state index in [9.17, 15) is 14.4 Å². The summed E-state index contributed by atoms with van der Waals surface area (Å²) < 4.78 is 10.5. The summed E-state index contributed by atoms with van der Waals surface area (Å²) in [7, 11) is 0. The van der Waals surface area contributed by atoms with Crippen LogP contribution in [-0.4, -0.2) is 48.1 Å². The minimum absolute atomic E-state index is 0.0426. The zero-order valence-electron chi connectivity index (χ0n) is 16.4. The lowest BCUT2D eigenvalue weighted by molar-refractivity contribution is -0.148. The SMILES string of the molecule is Cc1ccc(OCCOC(=O)CN2C(=O)N[C@@](C)(CCC(C)C)C2=O)cc1. The van der Waals surface area contributed by atoms with Crippen LogP contribution in [0.25, 0.3) is 0 Å². The Bertz CT molecular complexity index is 686. The van der Waals surface area contributed by atoms with E-state index in [1.165, 1.54) is 0 Å². The summed E-state index contributed by atoms with van der Waals surface area (Å²) in [5.41, 5.74) is 0.165. The standard InChI is InChI=1S/C20H28N2O5/c1-14(2)9-10-20(4)18(24)22(19(25)21-20)13-17(23)27-12-11-26-16-7-5-15(3)6-8-16/h5-8,14H,9-13H2,1-4H3,(H,21,25)/t20-/m0/s1. The highest BCUT2D eigenvalue weighted by molar-refractivity contribution is 6.08. The highest BCUT2D eigenvalue weighted by Crippen LogP contribution is 2.24. The zero-order valence-corrected chi connectivity index (χ0v) is 16.4. The maximum Gasteiger partial charge on any atom is 0.326 e. The minimum Gasteiger partial charge on any atom is -0.490 e. The number of nitrogens with one attached hydrogen (secondary N) is 1. The number of carbonyl (C=O) groups is 3. The number of carbonyl (C=O) groups excluding carboxylic acids is 3. The predicted octanol–water partition coefficient (Wildman–Crippen LogP) is 2.66. The monoisotopic (exact) mass is 376 g/mol. The molecular weight excluding hydrogens is 348 g/mol. The number of hydrogen-bond acceptors (Lipinski definition) is 5. The average molecular weight is 376 g/mol. The lowest BCUT2D eigenvalue weighted by Crippen LogP contribution is -2.44. The molecule has 7 heteroatoms. The molecule has 0 aromatic heterocycles. The maximum atomic E-state index is 12.5. The van der Waals surface area contributed by atoms with E-state index in [-0.39, 0.29) is 19.1 Å². The van der Waals surface area contributed by atoms with Gasteiger partial charge in [-0.1, -0.05) is 31.5 Å². The first-order valence-corrected chi connectivity index (χ1v) is 9.20. The fraction of sp³-hybridized carbons (Fsp3) is 0.550. The highest BCUT2D eigenvalue weighted by atomic mass is 16.6. The maximum absolute atomic E-state index is 12.5. The van der Waals surface area contributed by atoms with Crippen molar-refractivity contribution < 1.29 is 23.9 Å². The zero-order chi connectivity index (χ0) is 20.0. The molecule has 3 amide bonds. The number of urea groups is 1. The van der Waals surface area contributed by atoms with Gasteiger partial charge in [0, 0.05) is 0 Å². The Morgan fingerprint density at radius 1 is 1.19 bits per heavy atom. The van der Waals surface area contributed by atoms with Crippen LogP contribution in [0.1, 0.15) is 39.2 Å². The van der Waals surface area contributed by atoms with Gasteiger partial charge in [0.15, 0.2) is 0 Å². The molecular formula is C20H28N2O5. The molecule has 1 aromatic rings. The summed E-state index contributed by atoms with van der Waals surface area (Å²) in [5.74, 6) is 0.0749. The van der Waals surface area contributed by atoms with Crippen LogP contribution >= 0.6 is 0 Å². The van der Waals surface area contributed by atoms with Crippen LogP contribution in [-0.2, 0) is 14.3 Å². The van der Waals surface area contributed by atoms with Gasteiger partial charge in [0.2, 0.25) is 0 Å². The molecule has 0 saturated carbocycles. The Hall–Kier alpha value is -2.57. The normalized spacial score (nSPS) is 19.4. The van der Waals surface area contributed by atoms with Crippen LogP contribution in [0, 0.1) is 12.8 Å². The number of rotatable bonds is 9. The first-order valence-electron chi connectivity index (χ1n) is 9.20. The summed E-state index contributed by atoms with van der Waals surface area (Å²) in [6, 6.07) is 6.97. The Balaban J connectivity index is 1.76. The van der Waals surface area contributed by atoms with Crippen LogP contribution < -0.4 is 10.1 Å². The lowest BCUT2D eigenvalue weighted by Gasteiger charge is -2.22. The number of esters is 1. The van der Waals surface area contributed by atoms with Gasteiger partial charge in [-0.3, -0.25) is 14.5 Å². The quantitative estimate of drug-likeness (QED) is 0.407. The van der Waals surface area contributed by atoms with Crippen molar-refractivity contribution in [3.8, 4) is 5.75 Å². The van der Waals surface area contributed by atoms with Crippen molar-refractivity contribution in [2.75, 3.05) is 19.8 Å². The van der Waals surface area contributed by atoms with Crippen LogP contribution in [0.3, 0.4) is 0 Å². The highest BCUT2D eigenvalue weighted by Gasteiger charge is 2.48. The average Bonchev–Trinajstić information content (AvgIpc) is 2.82. The van der Waals surface area contributed by atoms with Crippen LogP contribution in [0.15, 0.2) is 24.3 Å². The van der Waals surface area contributed by atoms with E-state index in [4.69, 9.17) is 9.47 Å². The van der Waals surface area contributed by atoms with E-state index < -0.39 is 24.1 Å². The van der Waals surface area contributed by atoms with Crippen LogP contribution in [0.2, 0.25) is 0 Å². The largest absolute Gasteiger partial charge is 0.490 e. The smallest absolute Gasteiger partial charge is 0.326 e. The topological polar surface area (TPSA) is 84.9 Å². The third-order valence-corrected chi connectivity index (χ3v) is 4.49. The van der Waals surface area contributed by atoms with Crippen LogP contribution in [0.5, 0.6) is 5.75 Å². The summed E-state index contributed by atoms with van der Waals surface area (Å²) in [6.45, 7) is 7.62. The Morgan fingerprint density at radius 3 is 2.48 bits per heavy atom. The second-order valence-electron chi connectivity index (χ2n) is 7.47. The van der Waals surface area contributed by atoms with Gasteiger partial charge >= 0.3 is 12.0 Å². The van der Waals surface area contributed by atoms with E-state index in [1.807, 2.05) is 31.2 Å². The first-order chi connectivity index (χ1) is 12.7. The molecule has 148 valence electrons. The molecule has 1 atom stereocenters. The van der Waals surface area contributed by atoms with Crippen molar-refractivity contribution in [3.05, 3.63) is 29.8 Å². The predicted molar refractivity (Wildman–Crippen MR) is 100 cm³/mol. The van der Waals surface area contributed by atoms with E-state index in [2.05, 4.69) is 19.2 Å². The molecule has 0 bridgehead atoms. The molecule has 1 N–H and O–H groups in total. The summed E-state index contributed by atoms with van der Waals surface area (Å²) in [5, 5.41) is 2.69.